The van der Waals surface area contributed by atoms with Gasteiger partial charge in [-0.05, 0) is 108 Å². The molecule has 310 valence electrons. The first-order chi connectivity index (χ1) is 27.1. The van der Waals surface area contributed by atoms with E-state index in [-0.39, 0.29) is 40.0 Å². The van der Waals surface area contributed by atoms with Crippen molar-refractivity contribution in [3.05, 3.63) is 97.0 Å². The third kappa shape index (κ3) is 9.08. The molecule has 1 aliphatic heterocycles. The number of nitrogens with zero attached hydrogens (tertiary/aromatic N) is 5. The molecule has 1 saturated carbocycles. The normalized spacial score (nSPS) is 16.2. The van der Waals surface area contributed by atoms with Crippen molar-refractivity contribution in [3.8, 4) is 5.69 Å². The quantitative estimate of drug-likeness (QED) is 0.134. The van der Waals surface area contributed by atoms with Crippen LogP contribution in [0, 0.1) is 11.8 Å². The molecule has 0 radical (unpaired) electrons. The smallest absolute Gasteiger partial charge is 0.417 e. The first kappa shape index (κ1) is 42.4. The number of hydrogen-bond acceptors (Lipinski definition) is 8. The Hall–Kier alpha value is -5.19. The Bertz CT molecular complexity index is 2310. The number of nitrogens with one attached hydrogen (secondary N) is 1. The predicted molar refractivity (Wildman–Crippen MR) is 210 cm³/mol. The summed E-state index contributed by atoms with van der Waals surface area (Å²) in [5.74, 6) is -1.70. The van der Waals surface area contributed by atoms with Gasteiger partial charge in [-0.3, -0.25) is 19.0 Å². The van der Waals surface area contributed by atoms with Crippen molar-refractivity contribution in [2.24, 2.45) is 11.8 Å². The van der Waals surface area contributed by atoms with Gasteiger partial charge in [0.1, 0.15) is 17.3 Å². The van der Waals surface area contributed by atoms with Gasteiger partial charge in [-0.1, -0.05) is 29.8 Å². The molecule has 58 heavy (non-hydrogen) atoms. The van der Waals surface area contributed by atoms with Gasteiger partial charge in [-0.25, -0.2) is 14.1 Å². The van der Waals surface area contributed by atoms with E-state index in [9.17, 15) is 37.1 Å². The number of hydrogen-bond donors (Lipinski definition) is 1. The lowest BCUT2D eigenvalue weighted by molar-refractivity contribution is -0.150. The van der Waals surface area contributed by atoms with Gasteiger partial charge in [0.15, 0.2) is 6.73 Å². The maximum Gasteiger partial charge on any atom is 0.417 e. The van der Waals surface area contributed by atoms with E-state index < -0.39 is 60.0 Å². The molecule has 3 amide bonds. The number of amides is 3. The molecule has 17 heteroatoms. The van der Waals surface area contributed by atoms with Gasteiger partial charge in [0.25, 0.3) is 17.4 Å². The number of alkyl halides is 3. The van der Waals surface area contributed by atoms with Gasteiger partial charge >= 0.3 is 18.2 Å². The Balaban J connectivity index is 1.25. The first-order valence-electron chi connectivity index (χ1n) is 19.0. The predicted octanol–water partition coefficient (Wildman–Crippen LogP) is 6.93. The van der Waals surface area contributed by atoms with Gasteiger partial charge < -0.3 is 24.6 Å². The van der Waals surface area contributed by atoms with E-state index in [1.165, 1.54) is 29.0 Å². The molecule has 2 aliphatic rings. The van der Waals surface area contributed by atoms with Gasteiger partial charge in [-0.2, -0.15) is 18.3 Å². The molecule has 0 spiro atoms. The number of carbonyl (C=O) groups is 4. The number of carbonyl (C=O) groups excluding carboxylic acids is 4. The second-order valence-electron chi connectivity index (χ2n) is 16.3. The Morgan fingerprint density at radius 1 is 1.03 bits per heavy atom. The van der Waals surface area contributed by atoms with Crippen LogP contribution in [0.15, 0.2) is 57.9 Å². The van der Waals surface area contributed by atoms with Crippen molar-refractivity contribution in [1.29, 1.82) is 0 Å². The average molecular weight is 872 g/mol. The monoisotopic (exact) mass is 870 g/mol. The van der Waals surface area contributed by atoms with Crippen LogP contribution in [0.1, 0.15) is 97.5 Å². The fraction of sp³-hybridized carbons (Fsp3) is 0.463. The highest BCUT2D eigenvalue weighted by atomic mass is 79.9. The summed E-state index contributed by atoms with van der Waals surface area (Å²) in [5.41, 5.74) is 0.758. The molecular weight excluding hydrogens is 825 g/mol. The maximum atomic E-state index is 14.5. The second kappa shape index (κ2) is 16.2. The number of alkyl carbamates (subject to hydrolysis) is 1. The van der Waals surface area contributed by atoms with Gasteiger partial charge in [0, 0.05) is 39.8 Å². The average Bonchev–Trinajstić information content (AvgIpc) is 3.88. The van der Waals surface area contributed by atoms with Crippen molar-refractivity contribution in [2.45, 2.75) is 97.6 Å². The van der Waals surface area contributed by atoms with Crippen LogP contribution < -0.4 is 10.9 Å². The highest BCUT2D eigenvalue weighted by Crippen LogP contribution is 2.37. The highest BCUT2D eigenvalue weighted by molar-refractivity contribution is 9.10. The minimum Gasteiger partial charge on any atom is -0.444 e. The van der Waals surface area contributed by atoms with Crippen molar-refractivity contribution in [2.75, 3.05) is 13.8 Å². The topological polar surface area (TPSA) is 145 Å². The van der Waals surface area contributed by atoms with E-state index in [0.29, 0.717) is 34.9 Å². The highest BCUT2D eigenvalue weighted by Gasteiger charge is 2.37. The second-order valence-corrected chi connectivity index (χ2v) is 17.2. The summed E-state index contributed by atoms with van der Waals surface area (Å²) in [6.45, 7) is 9.88. The number of rotatable bonds is 10. The van der Waals surface area contributed by atoms with Gasteiger partial charge in [0.2, 0.25) is 0 Å². The Labute approximate surface area is 341 Å². The van der Waals surface area contributed by atoms with E-state index in [0.717, 1.165) is 24.5 Å². The molecule has 1 N–H and O–H groups in total. The van der Waals surface area contributed by atoms with E-state index >= 15 is 0 Å². The number of halogens is 4. The number of aromatic nitrogens is 3. The van der Waals surface area contributed by atoms with E-state index in [1.54, 1.807) is 81.1 Å². The zero-order chi connectivity index (χ0) is 42.4. The van der Waals surface area contributed by atoms with Crippen LogP contribution in [0.2, 0.25) is 0 Å². The minimum atomic E-state index is -4.67. The molecule has 1 aliphatic carbocycles. The summed E-state index contributed by atoms with van der Waals surface area (Å²) in [4.78, 5) is 69.7. The lowest BCUT2D eigenvalue weighted by atomic mass is 9.97. The van der Waals surface area contributed by atoms with Crippen LogP contribution in [0.5, 0.6) is 0 Å². The lowest BCUT2D eigenvalue weighted by Crippen LogP contribution is -2.48. The summed E-state index contributed by atoms with van der Waals surface area (Å²) in [6.07, 6.45) is -0.857. The number of benzene rings is 2. The number of fused-ring (bicyclic) bond motifs is 3. The van der Waals surface area contributed by atoms with Crippen LogP contribution >= 0.6 is 15.9 Å². The van der Waals surface area contributed by atoms with E-state index in [2.05, 4.69) is 26.3 Å². The summed E-state index contributed by atoms with van der Waals surface area (Å²) < 4.78 is 54.8. The van der Waals surface area contributed by atoms with E-state index in [1.807, 2.05) is 0 Å². The molecule has 2 aromatic carbocycles. The summed E-state index contributed by atoms with van der Waals surface area (Å²) in [6, 6.07) is 8.23. The maximum absolute atomic E-state index is 14.5. The molecule has 2 aromatic heterocycles. The van der Waals surface area contributed by atoms with Crippen LogP contribution in [0.3, 0.4) is 0 Å². The standard InChI is InChI=1S/C41H46BrF3N6O7/c1-22(2)33(47-39(56)58-40(4,5)6)38(55)57-21-48(7)35(52)25-10-13-28(14-11-25)50-34-27(17-24-8-9-24)19-46-51(34)32-20-49(23(3)16-29(32)37(50)54)36(53)26-12-15-31(42)30(18-26)41(43,44)45/h10-15,18-19,22-24,33H,8-9,16-17,20-21H2,1-7H3,(H,47,56)/t23-,33-/m0/s1. The molecule has 0 saturated heterocycles. The van der Waals surface area contributed by atoms with Gasteiger partial charge in [0.05, 0.1) is 29.7 Å². The zero-order valence-electron chi connectivity index (χ0n) is 33.3. The SMILES string of the molecule is CC(C)[C@H](NC(=O)OC(C)(C)C)C(=O)OCN(C)C(=O)c1ccc(-n2c(=O)c3c(n4ncc(CC5CC5)c24)CN(C(=O)c2ccc(Br)c(C(F)(F)F)c2)[C@@H](C)C3)cc1. The third-order valence-electron chi connectivity index (χ3n) is 10.1. The fourth-order valence-electron chi connectivity index (χ4n) is 6.93. The molecule has 3 heterocycles. The molecule has 13 nitrogen and oxygen atoms in total. The first-order valence-corrected chi connectivity index (χ1v) is 19.8. The molecule has 0 unspecified atom stereocenters. The summed E-state index contributed by atoms with van der Waals surface area (Å²) in [7, 11) is 1.46. The van der Waals surface area contributed by atoms with Crippen molar-refractivity contribution in [3.63, 3.8) is 0 Å². The molecular formula is C41H46BrF3N6O7. The summed E-state index contributed by atoms with van der Waals surface area (Å²) >= 11 is 2.94. The summed E-state index contributed by atoms with van der Waals surface area (Å²) in [5, 5.41) is 7.21. The van der Waals surface area contributed by atoms with E-state index in [4.69, 9.17) is 9.47 Å². The van der Waals surface area contributed by atoms with Crippen molar-refractivity contribution in [1.82, 2.24) is 29.3 Å². The largest absolute Gasteiger partial charge is 0.444 e. The van der Waals surface area contributed by atoms with Crippen molar-refractivity contribution < 1.29 is 41.8 Å². The fourth-order valence-corrected chi connectivity index (χ4v) is 7.40. The third-order valence-corrected chi connectivity index (χ3v) is 10.8. The number of esters is 1. The number of ether oxygens (including phenoxy) is 2. The Kier molecular flexibility index (Phi) is 11.9. The molecule has 0 bridgehead atoms. The van der Waals surface area contributed by atoms with Crippen LogP contribution in [-0.2, 0) is 39.8 Å². The molecule has 4 aromatic rings. The zero-order valence-corrected chi connectivity index (χ0v) is 34.9. The Morgan fingerprint density at radius 2 is 1.69 bits per heavy atom. The lowest BCUT2D eigenvalue weighted by Gasteiger charge is -2.35. The van der Waals surface area contributed by atoms with Crippen molar-refractivity contribution >= 4 is 45.5 Å². The minimum absolute atomic E-state index is 0.0524. The van der Waals surface area contributed by atoms with Crippen LogP contribution in [0.4, 0.5) is 18.0 Å². The molecule has 6 rings (SSSR count). The molecule has 1 fully saturated rings. The van der Waals surface area contributed by atoms with Gasteiger partial charge in [-0.15, -0.1) is 0 Å². The Morgan fingerprint density at radius 3 is 2.29 bits per heavy atom. The van der Waals surface area contributed by atoms with Crippen LogP contribution in [0.25, 0.3) is 11.3 Å². The molecule has 2 atom stereocenters. The van der Waals surface area contributed by atoms with Crippen LogP contribution in [-0.4, -0.2) is 79.3 Å².